The van der Waals surface area contributed by atoms with Gasteiger partial charge in [-0.15, -0.1) is 0 Å². The number of benzene rings is 1. The largest absolute Gasteiger partial charge is 0.347 e. The van der Waals surface area contributed by atoms with E-state index in [-0.39, 0.29) is 11.9 Å². The molecule has 5 nitrogen and oxygen atoms in total. The second-order valence-electron chi connectivity index (χ2n) is 4.74. The van der Waals surface area contributed by atoms with E-state index >= 15 is 0 Å². The maximum absolute atomic E-state index is 12.1. The fourth-order valence-electron chi connectivity index (χ4n) is 2.07. The SMILES string of the molecule is CCC(NC(=O)C(N)Cc1ccccc1)c1ncc[nH]1. The van der Waals surface area contributed by atoms with Crippen molar-refractivity contribution in [2.45, 2.75) is 31.8 Å². The molecule has 0 radical (unpaired) electrons. The molecule has 0 spiro atoms. The quantitative estimate of drug-likeness (QED) is 0.746. The van der Waals surface area contributed by atoms with Crippen LogP contribution in [0.4, 0.5) is 0 Å². The third-order valence-corrected chi connectivity index (χ3v) is 3.21. The van der Waals surface area contributed by atoms with Crippen LogP contribution in [-0.2, 0) is 11.2 Å². The maximum Gasteiger partial charge on any atom is 0.237 e. The Labute approximate surface area is 118 Å². The number of hydrogen-bond donors (Lipinski definition) is 3. The molecule has 1 aromatic heterocycles. The number of nitrogens with zero attached hydrogens (tertiary/aromatic N) is 1. The lowest BCUT2D eigenvalue weighted by atomic mass is 10.1. The van der Waals surface area contributed by atoms with E-state index in [1.807, 2.05) is 37.3 Å². The average Bonchev–Trinajstić information content (AvgIpc) is 2.99. The average molecular weight is 272 g/mol. The van der Waals surface area contributed by atoms with Crippen LogP contribution in [0.25, 0.3) is 0 Å². The lowest BCUT2D eigenvalue weighted by molar-refractivity contribution is -0.123. The highest BCUT2D eigenvalue weighted by Crippen LogP contribution is 2.11. The van der Waals surface area contributed by atoms with E-state index < -0.39 is 6.04 Å². The number of nitrogens with two attached hydrogens (primary N) is 1. The van der Waals surface area contributed by atoms with Crippen molar-refractivity contribution in [1.82, 2.24) is 15.3 Å². The molecular weight excluding hydrogens is 252 g/mol. The van der Waals surface area contributed by atoms with Gasteiger partial charge in [0.25, 0.3) is 0 Å². The summed E-state index contributed by atoms with van der Waals surface area (Å²) in [6, 6.07) is 9.09. The fourth-order valence-corrected chi connectivity index (χ4v) is 2.07. The highest BCUT2D eigenvalue weighted by molar-refractivity contribution is 5.82. The standard InChI is InChI=1S/C15H20N4O/c1-2-13(14-17-8-9-18-14)19-15(20)12(16)10-11-6-4-3-5-7-11/h3-9,12-13H,2,10,16H2,1H3,(H,17,18)(H,19,20). The third kappa shape index (κ3) is 3.68. The Morgan fingerprint density at radius 3 is 2.75 bits per heavy atom. The molecule has 0 aliphatic carbocycles. The van der Waals surface area contributed by atoms with E-state index in [9.17, 15) is 4.79 Å². The number of hydrogen-bond acceptors (Lipinski definition) is 3. The zero-order chi connectivity index (χ0) is 14.4. The van der Waals surface area contributed by atoms with Crippen LogP contribution in [0.5, 0.6) is 0 Å². The van der Waals surface area contributed by atoms with Gasteiger partial charge in [0.2, 0.25) is 5.91 Å². The first-order valence-electron chi connectivity index (χ1n) is 6.80. The minimum absolute atomic E-state index is 0.126. The first-order chi connectivity index (χ1) is 9.70. The molecule has 0 fully saturated rings. The van der Waals surface area contributed by atoms with Crippen molar-refractivity contribution in [1.29, 1.82) is 0 Å². The zero-order valence-corrected chi connectivity index (χ0v) is 11.5. The molecule has 0 saturated heterocycles. The second-order valence-corrected chi connectivity index (χ2v) is 4.74. The zero-order valence-electron chi connectivity index (χ0n) is 11.5. The fraction of sp³-hybridized carbons (Fsp3) is 0.333. The summed E-state index contributed by atoms with van der Waals surface area (Å²) in [5.74, 6) is 0.602. The number of carbonyl (C=O) groups excluding carboxylic acids is 1. The van der Waals surface area contributed by atoms with Crippen molar-refractivity contribution in [2.75, 3.05) is 0 Å². The Hall–Kier alpha value is -2.14. The van der Waals surface area contributed by atoms with E-state index in [0.717, 1.165) is 17.8 Å². The van der Waals surface area contributed by atoms with Gasteiger partial charge in [0.1, 0.15) is 5.82 Å². The molecule has 106 valence electrons. The Kier molecular flexibility index (Phi) is 4.90. The minimum Gasteiger partial charge on any atom is -0.347 e. The second kappa shape index (κ2) is 6.86. The first-order valence-corrected chi connectivity index (χ1v) is 6.80. The summed E-state index contributed by atoms with van der Waals surface area (Å²) in [5.41, 5.74) is 7.02. The summed E-state index contributed by atoms with van der Waals surface area (Å²) < 4.78 is 0. The lowest BCUT2D eigenvalue weighted by Gasteiger charge is -2.18. The predicted octanol–water partition coefficient (Wildman–Crippen LogP) is 1.55. The van der Waals surface area contributed by atoms with Crippen molar-refractivity contribution in [3.8, 4) is 0 Å². The molecular formula is C15H20N4O. The van der Waals surface area contributed by atoms with Crippen LogP contribution in [0, 0.1) is 0 Å². The summed E-state index contributed by atoms with van der Waals surface area (Å²) in [6.07, 6.45) is 4.71. The van der Waals surface area contributed by atoms with E-state index in [0.29, 0.717) is 6.42 Å². The van der Waals surface area contributed by atoms with Crippen LogP contribution in [0.1, 0.15) is 30.8 Å². The highest BCUT2D eigenvalue weighted by Gasteiger charge is 2.19. The number of amides is 1. The Morgan fingerprint density at radius 2 is 2.15 bits per heavy atom. The van der Waals surface area contributed by atoms with Gasteiger partial charge in [-0.1, -0.05) is 37.3 Å². The molecule has 1 heterocycles. The van der Waals surface area contributed by atoms with Gasteiger partial charge in [0.05, 0.1) is 12.1 Å². The third-order valence-electron chi connectivity index (χ3n) is 3.21. The molecule has 5 heteroatoms. The van der Waals surface area contributed by atoms with Crippen LogP contribution in [0.15, 0.2) is 42.7 Å². The topological polar surface area (TPSA) is 83.8 Å². The molecule has 1 aromatic carbocycles. The number of aromatic nitrogens is 2. The molecule has 2 atom stereocenters. The van der Waals surface area contributed by atoms with Gasteiger partial charge in [-0.3, -0.25) is 4.79 Å². The van der Waals surface area contributed by atoms with Crippen LogP contribution in [0.2, 0.25) is 0 Å². The molecule has 2 unspecified atom stereocenters. The van der Waals surface area contributed by atoms with Gasteiger partial charge in [-0.05, 0) is 18.4 Å². The molecule has 1 amide bonds. The predicted molar refractivity (Wildman–Crippen MR) is 77.9 cm³/mol. The van der Waals surface area contributed by atoms with Gasteiger partial charge in [-0.25, -0.2) is 4.98 Å². The van der Waals surface area contributed by atoms with E-state index in [1.165, 1.54) is 0 Å². The number of H-pyrrole nitrogens is 1. The van der Waals surface area contributed by atoms with Crippen LogP contribution >= 0.6 is 0 Å². The molecule has 0 aliphatic rings. The summed E-state index contributed by atoms with van der Waals surface area (Å²) in [5, 5.41) is 2.93. The summed E-state index contributed by atoms with van der Waals surface area (Å²) >= 11 is 0. The summed E-state index contributed by atoms with van der Waals surface area (Å²) in [4.78, 5) is 19.3. The normalized spacial score (nSPS) is 13.7. The molecule has 0 aliphatic heterocycles. The van der Waals surface area contributed by atoms with E-state index in [2.05, 4.69) is 15.3 Å². The van der Waals surface area contributed by atoms with Crippen molar-refractivity contribution < 1.29 is 4.79 Å². The van der Waals surface area contributed by atoms with Crippen molar-refractivity contribution >= 4 is 5.91 Å². The molecule has 20 heavy (non-hydrogen) atoms. The maximum atomic E-state index is 12.1. The van der Waals surface area contributed by atoms with Crippen LogP contribution in [-0.4, -0.2) is 21.9 Å². The van der Waals surface area contributed by atoms with E-state index in [1.54, 1.807) is 12.4 Å². The van der Waals surface area contributed by atoms with Gasteiger partial charge < -0.3 is 16.0 Å². The monoisotopic (exact) mass is 272 g/mol. The first kappa shape index (κ1) is 14.3. The summed E-state index contributed by atoms with van der Waals surface area (Å²) in [6.45, 7) is 2.00. The molecule has 0 bridgehead atoms. The minimum atomic E-state index is -0.554. The number of nitrogens with one attached hydrogen (secondary N) is 2. The Bertz CT molecular complexity index is 524. The Morgan fingerprint density at radius 1 is 1.40 bits per heavy atom. The van der Waals surface area contributed by atoms with Crippen LogP contribution < -0.4 is 11.1 Å². The number of carbonyl (C=O) groups is 1. The highest BCUT2D eigenvalue weighted by atomic mass is 16.2. The number of aromatic amines is 1. The van der Waals surface area contributed by atoms with E-state index in [4.69, 9.17) is 5.73 Å². The van der Waals surface area contributed by atoms with Crippen LogP contribution in [0.3, 0.4) is 0 Å². The van der Waals surface area contributed by atoms with Gasteiger partial charge >= 0.3 is 0 Å². The van der Waals surface area contributed by atoms with Crippen molar-refractivity contribution in [2.24, 2.45) is 5.73 Å². The van der Waals surface area contributed by atoms with Gasteiger partial charge in [0, 0.05) is 12.4 Å². The number of imidazole rings is 1. The van der Waals surface area contributed by atoms with Gasteiger partial charge in [0.15, 0.2) is 0 Å². The summed E-state index contributed by atoms with van der Waals surface area (Å²) in [7, 11) is 0. The molecule has 2 aromatic rings. The lowest BCUT2D eigenvalue weighted by Crippen LogP contribution is -2.43. The smallest absolute Gasteiger partial charge is 0.237 e. The number of rotatable bonds is 6. The van der Waals surface area contributed by atoms with Crippen molar-refractivity contribution in [3.05, 3.63) is 54.1 Å². The molecule has 2 rings (SSSR count). The molecule has 4 N–H and O–H groups in total. The van der Waals surface area contributed by atoms with Gasteiger partial charge in [-0.2, -0.15) is 0 Å². The van der Waals surface area contributed by atoms with Crippen molar-refractivity contribution in [3.63, 3.8) is 0 Å². The Balaban J connectivity index is 1.93. The molecule has 0 saturated carbocycles.